The Hall–Kier alpha value is -1.84. The van der Waals surface area contributed by atoms with Crippen LogP contribution in [0.4, 0.5) is 0 Å². The van der Waals surface area contributed by atoms with Crippen molar-refractivity contribution in [2.75, 3.05) is 6.54 Å². The molecule has 1 saturated heterocycles. The Bertz CT molecular complexity index is 402. The zero-order valence-corrected chi connectivity index (χ0v) is 9.02. The van der Waals surface area contributed by atoms with Gasteiger partial charge in [-0.15, -0.1) is 0 Å². The van der Waals surface area contributed by atoms with Crippen molar-refractivity contribution in [2.24, 2.45) is 5.73 Å². The number of nitrogens with zero attached hydrogens (tertiary/aromatic N) is 1. The first-order chi connectivity index (χ1) is 7.70. The zero-order chi connectivity index (χ0) is 11.5. The maximum Gasteiger partial charge on any atom is 0.189 e. The number of carbonyl (C=O) groups is 1. The monoisotopic (exact) mass is 217 g/mol. The largest absolute Gasteiger partial charge is 0.370 e. The summed E-state index contributed by atoms with van der Waals surface area (Å²) in [6, 6.07) is 8.94. The second kappa shape index (κ2) is 4.35. The summed E-state index contributed by atoms with van der Waals surface area (Å²) < 4.78 is 0. The van der Waals surface area contributed by atoms with Gasteiger partial charge in [0.05, 0.1) is 6.04 Å². The highest BCUT2D eigenvalue weighted by molar-refractivity contribution is 6.02. The molecule has 1 heterocycles. The van der Waals surface area contributed by atoms with E-state index in [0.29, 0.717) is 12.1 Å². The summed E-state index contributed by atoms with van der Waals surface area (Å²) in [5.74, 6) is 0.0556. The molecular formula is C12H15N3O. The fourth-order valence-corrected chi connectivity index (χ4v) is 2.12. The number of nitrogens with two attached hydrogens (primary N) is 1. The standard InChI is InChI=1S/C12H15N3O/c13-12(14)15-8-4-7-10(15)11(16)9-5-2-1-3-6-9/h1-3,5-6,10H,4,7-8H2,(H3,13,14). The quantitative estimate of drug-likeness (QED) is 0.444. The molecule has 1 fully saturated rings. The topological polar surface area (TPSA) is 70.2 Å². The number of guanidine groups is 1. The second-order valence-corrected chi connectivity index (χ2v) is 3.97. The molecule has 1 atom stereocenters. The molecule has 4 nitrogen and oxygen atoms in total. The Morgan fingerprint density at radius 2 is 2.06 bits per heavy atom. The molecule has 0 saturated carbocycles. The lowest BCUT2D eigenvalue weighted by molar-refractivity contribution is 0.0912. The smallest absolute Gasteiger partial charge is 0.189 e. The molecule has 0 spiro atoms. The Morgan fingerprint density at radius 3 is 2.69 bits per heavy atom. The van der Waals surface area contributed by atoms with Crippen molar-refractivity contribution >= 4 is 11.7 Å². The first kappa shape index (κ1) is 10.7. The summed E-state index contributed by atoms with van der Waals surface area (Å²) in [5, 5.41) is 7.43. The van der Waals surface area contributed by atoms with Crippen molar-refractivity contribution in [2.45, 2.75) is 18.9 Å². The number of hydrogen-bond acceptors (Lipinski definition) is 2. The van der Waals surface area contributed by atoms with Crippen LogP contribution in [0.3, 0.4) is 0 Å². The van der Waals surface area contributed by atoms with Gasteiger partial charge in [-0.05, 0) is 12.8 Å². The van der Waals surface area contributed by atoms with E-state index in [1.54, 1.807) is 17.0 Å². The van der Waals surface area contributed by atoms with Gasteiger partial charge in [0.15, 0.2) is 11.7 Å². The Labute approximate surface area is 94.6 Å². The van der Waals surface area contributed by atoms with E-state index in [9.17, 15) is 4.79 Å². The fourth-order valence-electron chi connectivity index (χ4n) is 2.12. The van der Waals surface area contributed by atoms with Crippen molar-refractivity contribution in [3.05, 3.63) is 35.9 Å². The lowest BCUT2D eigenvalue weighted by Crippen LogP contribution is -2.43. The number of Topliss-reactive ketones (excluding diaryl/α,β-unsaturated/α-hetero) is 1. The zero-order valence-electron chi connectivity index (χ0n) is 9.02. The van der Waals surface area contributed by atoms with Gasteiger partial charge in [0.25, 0.3) is 0 Å². The van der Waals surface area contributed by atoms with Crippen LogP contribution in [0, 0.1) is 5.41 Å². The number of rotatable bonds is 2. The molecule has 1 aromatic carbocycles. The molecule has 1 aliphatic rings. The van der Waals surface area contributed by atoms with Crippen LogP contribution in [0.25, 0.3) is 0 Å². The summed E-state index contributed by atoms with van der Waals surface area (Å²) in [6.45, 7) is 0.707. The first-order valence-electron chi connectivity index (χ1n) is 5.40. The first-order valence-corrected chi connectivity index (χ1v) is 5.40. The third-order valence-corrected chi connectivity index (χ3v) is 2.92. The van der Waals surface area contributed by atoms with E-state index in [1.807, 2.05) is 18.2 Å². The minimum Gasteiger partial charge on any atom is -0.370 e. The van der Waals surface area contributed by atoms with Gasteiger partial charge in [-0.2, -0.15) is 0 Å². The van der Waals surface area contributed by atoms with Crippen molar-refractivity contribution in [1.82, 2.24) is 4.90 Å². The molecule has 4 heteroatoms. The molecule has 16 heavy (non-hydrogen) atoms. The van der Waals surface area contributed by atoms with Gasteiger partial charge in [-0.25, -0.2) is 0 Å². The number of hydrogen-bond donors (Lipinski definition) is 2. The summed E-state index contributed by atoms with van der Waals surface area (Å²) >= 11 is 0. The number of carbonyl (C=O) groups excluding carboxylic acids is 1. The molecular weight excluding hydrogens is 202 g/mol. The number of nitrogens with one attached hydrogen (secondary N) is 1. The van der Waals surface area contributed by atoms with Crippen LogP contribution in [0.5, 0.6) is 0 Å². The second-order valence-electron chi connectivity index (χ2n) is 3.97. The Kier molecular flexibility index (Phi) is 2.90. The lowest BCUT2D eigenvalue weighted by atomic mass is 10.0. The highest BCUT2D eigenvalue weighted by atomic mass is 16.1. The molecule has 0 bridgehead atoms. The van der Waals surface area contributed by atoms with E-state index in [0.717, 1.165) is 12.8 Å². The van der Waals surface area contributed by atoms with Crippen LogP contribution in [0.15, 0.2) is 30.3 Å². The van der Waals surface area contributed by atoms with E-state index in [-0.39, 0.29) is 17.8 Å². The van der Waals surface area contributed by atoms with Crippen LogP contribution in [-0.4, -0.2) is 29.2 Å². The minimum absolute atomic E-state index is 0.00761. The number of ketones is 1. The van der Waals surface area contributed by atoms with Gasteiger partial charge < -0.3 is 10.6 Å². The summed E-state index contributed by atoms with van der Waals surface area (Å²) in [5.41, 5.74) is 6.16. The summed E-state index contributed by atoms with van der Waals surface area (Å²) in [4.78, 5) is 13.8. The van der Waals surface area contributed by atoms with Crippen molar-refractivity contribution in [1.29, 1.82) is 5.41 Å². The predicted octanol–water partition coefficient (Wildman–Crippen LogP) is 1.23. The van der Waals surface area contributed by atoms with Gasteiger partial charge >= 0.3 is 0 Å². The van der Waals surface area contributed by atoms with Gasteiger partial charge in [0, 0.05) is 12.1 Å². The van der Waals surface area contributed by atoms with Gasteiger partial charge in [0.2, 0.25) is 0 Å². The molecule has 2 rings (SSSR count). The maximum atomic E-state index is 12.2. The summed E-state index contributed by atoms with van der Waals surface area (Å²) in [7, 11) is 0. The average Bonchev–Trinajstić information content (AvgIpc) is 2.78. The normalized spacial score (nSPS) is 19.8. The van der Waals surface area contributed by atoms with E-state index < -0.39 is 0 Å². The molecule has 84 valence electrons. The van der Waals surface area contributed by atoms with Gasteiger partial charge in [0.1, 0.15) is 0 Å². The number of likely N-dealkylation sites (tertiary alicyclic amines) is 1. The third-order valence-electron chi connectivity index (χ3n) is 2.92. The molecule has 0 aliphatic carbocycles. The highest BCUT2D eigenvalue weighted by Crippen LogP contribution is 2.20. The third kappa shape index (κ3) is 1.91. The molecule has 0 radical (unpaired) electrons. The van der Waals surface area contributed by atoms with Crippen LogP contribution < -0.4 is 5.73 Å². The maximum absolute atomic E-state index is 12.2. The Balaban J connectivity index is 2.19. The van der Waals surface area contributed by atoms with Crippen LogP contribution in [0.2, 0.25) is 0 Å². The Morgan fingerprint density at radius 1 is 1.38 bits per heavy atom. The minimum atomic E-state index is -0.250. The molecule has 3 N–H and O–H groups in total. The molecule has 0 aromatic heterocycles. The van der Waals surface area contributed by atoms with Crippen molar-refractivity contribution in [3.8, 4) is 0 Å². The van der Waals surface area contributed by atoms with Crippen LogP contribution in [0.1, 0.15) is 23.2 Å². The van der Waals surface area contributed by atoms with Crippen molar-refractivity contribution < 1.29 is 4.79 Å². The van der Waals surface area contributed by atoms with E-state index >= 15 is 0 Å². The van der Waals surface area contributed by atoms with Crippen LogP contribution in [-0.2, 0) is 0 Å². The SMILES string of the molecule is N=C(N)N1CCCC1C(=O)c1ccccc1. The van der Waals surface area contributed by atoms with Gasteiger partial charge in [-0.3, -0.25) is 10.2 Å². The van der Waals surface area contributed by atoms with E-state index in [1.165, 1.54) is 0 Å². The molecule has 1 aromatic rings. The lowest BCUT2D eigenvalue weighted by Gasteiger charge is -2.23. The highest BCUT2D eigenvalue weighted by Gasteiger charge is 2.31. The molecule has 0 amide bonds. The van der Waals surface area contributed by atoms with Crippen LogP contribution >= 0.6 is 0 Å². The fraction of sp³-hybridized carbons (Fsp3) is 0.333. The molecule has 1 unspecified atom stereocenters. The predicted molar refractivity (Wildman–Crippen MR) is 62.4 cm³/mol. The summed E-state index contributed by atoms with van der Waals surface area (Å²) in [6.07, 6.45) is 1.70. The van der Waals surface area contributed by atoms with E-state index in [2.05, 4.69) is 0 Å². The molecule has 1 aliphatic heterocycles. The average molecular weight is 217 g/mol. The number of benzene rings is 1. The van der Waals surface area contributed by atoms with Gasteiger partial charge in [-0.1, -0.05) is 30.3 Å². The van der Waals surface area contributed by atoms with Crippen molar-refractivity contribution in [3.63, 3.8) is 0 Å². The van der Waals surface area contributed by atoms with E-state index in [4.69, 9.17) is 11.1 Å².